The highest BCUT2D eigenvalue weighted by molar-refractivity contribution is 5.93. The van der Waals surface area contributed by atoms with Crippen molar-refractivity contribution in [1.29, 1.82) is 0 Å². The molecule has 0 fully saturated rings. The number of hydrogen-bond acceptors (Lipinski definition) is 5. The lowest BCUT2D eigenvalue weighted by atomic mass is 10.0. The minimum atomic E-state index is -0.290. The van der Waals surface area contributed by atoms with Crippen LogP contribution in [0.4, 0.5) is 5.69 Å². The van der Waals surface area contributed by atoms with Crippen LogP contribution in [0.1, 0.15) is 18.0 Å². The molecule has 1 atom stereocenters. The lowest BCUT2D eigenvalue weighted by Gasteiger charge is -2.23. The molecule has 0 aliphatic rings. The first-order valence-electron chi connectivity index (χ1n) is 9.46. The van der Waals surface area contributed by atoms with E-state index in [0.29, 0.717) is 28.7 Å². The third-order valence-corrected chi connectivity index (χ3v) is 4.84. The van der Waals surface area contributed by atoms with Gasteiger partial charge in [-0.2, -0.15) is 0 Å². The van der Waals surface area contributed by atoms with Crippen molar-refractivity contribution < 1.29 is 23.7 Å². The van der Waals surface area contributed by atoms with Crippen LogP contribution >= 0.6 is 0 Å². The summed E-state index contributed by atoms with van der Waals surface area (Å²) in [6.07, 6.45) is 4.02. The topological polar surface area (TPSA) is 71.0 Å². The van der Waals surface area contributed by atoms with Gasteiger partial charge in [-0.25, -0.2) is 0 Å². The van der Waals surface area contributed by atoms with E-state index in [1.165, 1.54) is 0 Å². The Morgan fingerprint density at radius 2 is 1.63 bits per heavy atom. The maximum atomic E-state index is 13.0. The van der Waals surface area contributed by atoms with E-state index in [9.17, 15) is 4.79 Å². The van der Waals surface area contributed by atoms with Gasteiger partial charge < -0.3 is 28.8 Å². The van der Waals surface area contributed by atoms with Crippen molar-refractivity contribution >= 4 is 11.6 Å². The summed E-state index contributed by atoms with van der Waals surface area (Å²) in [6, 6.07) is 14.5. The second-order valence-corrected chi connectivity index (χ2v) is 6.55. The van der Waals surface area contributed by atoms with Gasteiger partial charge in [-0.1, -0.05) is 12.1 Å². The largest absolute Gasteiger partial charge is 0.497 e. The maximum absolute atomic E-state index is 13.0. The fraction of sp³-hybridized carbons (Fsp3) is 0.261. The zero-order chi connectivity index (χ0) is 21.5. The fourth-order valence-corrected chi connectivity index (χ4v) is 3.39. The number of nitrogens with one attached hydrogen (secondary N) is 1. The van der Waals surface area contributed by atoms with Gasteiger partial charge in [-0.3, -0.25) is 4.79 Å². The van der Waals surface area contributed by atoms with Crippen molar-refractivity contribution in [2.75, 3.05) is 33.8 Å². The van der Waals surface area contributed by atoms with Gasteiger partial charge in [0.1, 0.15) is 11.5 Å². The number of methoxy groups -OCH3 is 4. The minimum Gasteiger partial charge on any atom is -0.497 e. The van der Waals surface area contributed by atoms with Gasteiger partial charge in [-0.15, -0.1) is 0 Å². The van der Waals surface area contributed by atoms with Crippen LogP contribution < -0.4 is 24.3 Å². The van der Waals surface area contributed by atoms with Gasteiger partial charge in [0, 0.05) is 24.0 Å². The first kappa shape index (κ1) is 21.1. The number of aromatic nitrogens is 1. The van der Waals surface area contributed by atoms with E-state index in [0.717, 1.165) is 5.56 Å². The highest BCUT2D eigenvalue weighted by atomic mass is 16.5. The number of hydrogen-bond donors (Lipinski definition) is 1. The lowest BCUT2D eigenvalue weighted by Crippen LogP contribution is -2.20. The molecule has 0 saturated heterocycles. The molecule has 1 heterocycles. The van der Waals surface area contributed by atoms with Gasteiger partial charge in [0.15, 0.2) is 11.5 Å². The van der Waals surface area contributed by atoms with E-state index in [-0.39, 0.29) is 18.4 Å². The molecule has 7 nitrogen and oxygen atoms in total. The molecule has 3 aromatic rings. The molecule has 3 rings (SSSR count). The summed E-state index contributed by atoms with van der Waals surface area (Å²) >= 11 is 0. The molecular formula is C23H26N2O5. The van der Waals surface area contributed by atoms with E-state index < -0.39 is 0 Å². The van der Waals surface area contributed by atoms with E-state index >= 15 is 0 Å². The molecule has 0 bridgehead atoms. The van der Waals surface area contributed by atoms with Crippen LogP contribution in [0.25, 0.3) is 0 Å². The number of nitrogens with zero attached hydrogens (tertiary/aromatic N) is 1. The molecule has 1 N–H and O–H groups in total. The predicted molar refractivity (Wildman–Crippen MR) is 115 cm³/mol. The van der Waals surface area contributed by atoms with E-state index in [1.807, 2.05) is 47.3 Å². The Balaban J connectivity index is 1.92. The summed E-state index contributed by atoms with van der Waals surface area (Å²) in [6.45, 7) is 0. The average Bonchev–Trinajstić information content (AvgIpc) is 3.31. The number of carbonyl (C=O) groups excluding carboxylic acids is 1. The lowest BCUT2D eigenvalue weighted by molar-refractivity contribution is -0.116. The molecule has 0 saturated carbocycles. The van der Waals surface area contributed by atoms with Crippen LogP contribution in [-0.4, -0.2) is 38.9 Å². The quantitative estimate of drug-likeness (QED) is 0.574. The molecule has 0 spiro atoms. The third-order valence-electron chi connectivity index (χ3n) is 4.84. The molecule has 0 aliphatic carbocycles. The number of ether oxygens (including phenoxy) is 4. The minimum absolute atomic E-state index is 0.176. The fourth-order valence-electron chi connectivity index (χ4n) is 3.39. The van der Waals surface area contributed by atoms with Gasteiger partial charge in [0.2, 0.25) is 5.91 Å². The second kappa shape index (κ2) is 9.73. The summed E-state index contributed by atoms with van der Waals surface area (Å²) < 4.78 is 23.6. The molecular weight excluding hydrogens is 384 g/mol. The van der Waals surface area contributed by atoms with Gasteiger partial charge in [0.25, 0.3) is 0 Å². The standard InChI is InChI=1S/C23H26N2O5/c1-27-16-10-11-20(28-2)18(14-16)24-22(26)15-19(25-12-5-6-13-25)17-8-7-9-21(29-3)23(17)30-4/h5-14,19H,15H2,1-4H3,(H,24,26)/t19-/m0/s1. The Hall–Kier alpha value is -3.61. The Bertz CT molecular complexity index is 985. The molecule has 30 heavy (non-hydrogen) atoms. The summed E-state index contributed by atoms with van der Waals surface area (Å²) in [7, 11) is 6.31. The first-order chi connectivity index (χ1) is 14.6. The molecule has 0 radical (unpaired) electrons. The zero-order valence-electron chi connectivity index (χ0n) is 17.5. The number of amides is 1. The van der Waals surface area contributed by atoms with Crippen molar-refractivity contribution in [3.05, 3.63) is 66.5 Å². The number of para-hydroxylation sites is 1. The van der Waals surface area contributed by atoms with Gasteiger partial charge in [-0.05, 0) is 30.3 Å². The van der Waals surface area contributed by atoms with Gasteiger partial charge in [0.05, 0.1) is 46.6 Å². The highest BCUT2D eigenvalue weighted by Gasteiger charge is 2.23. The Labute approximate surface area is 176 Å². The number of benzene rings is 2. The van der Waals surface area contributed by atoms with Crippen LogP contribution in [0.15, 0.2) is 60.9 Å². The van der Waals surface area contributed by atoms with Crippen molar-refractivity contribution in [3.63, 3.8) is 0 Å². The van der Waals surface area contributed by atoms with E-state index in [2.05, 4.69) is 5.32 Å². The van der Waals surface area contributed by atoms with Crippen LogP contribution in [0.2, 0.25) is 0 Å². The molecule has 7 heteroatoms. The van der Waals surface area contributed by atoms with Gasteiger partial charge >= 0.3 is 0 Å². The van der Waals surface area contributed by atoms with Crippen LogP contribution in [0.3, 0.4) is 0 Å². The number of anilines is 1. The van der Waals surface area contributed by atoms with Crippen molar-refractivity contribution in [3.8, 4) is 23.0 Å². The smallest absolute Gasteiger partial charge is 0.226 e. The SMILES string of the molecule is COc1ccc(OC)c(NC(=O)C[C@@H](c2cccc(OC)c2OC)n2cccc2)c1. The first-order valence-corrected chi connectivity index (χ1v) is 9.46. The van der Waals surface area contributed by atoms with Crippen molar-refractivity contribution in [2.45, 2.75) is 12.5 Å². The third kappa shape index (κ3) is 4.51. The molecule has 2 aromatic carbocycles. The number of carbonyl (C=O) groups is 1. The predicted octanol–water partition coefficient (Wildman–Crippen LogP) is 4.14. The van der Waals surface area contributed by atoms with Crippen molar-refractivity contribution in [2.24, 2.45) is 0 Å². The van der Waals surface area contributed by atoms with E-state index in [1.54, 1.807) is 46.6 Å². The Morgan fingerprint density at radius 3 is 2.27 bits per heavy atom. The second-order valence-electron chi connectivity index (χ2n) is 6.55. The number of rotatable bonds is 9. The van der Waals surface area contributed by atoms with E-state index in [4.69, 9.17) is 18.9 Å². The summed E-state index contributed by atoms with van der Waals surface area (Å²) in [5, 5.41) is 2.94. The Morgan fingerprint density at radius 1 is 0.900 bits per heavy atom. The zero-order valence-corrected chi connectivity index (χ0v) is 17.5. The molecule has 0 aliphatic heterocycles. The van der Waals surface area contributed by atoms with Crippen LogP contribution in [-0.2, 0) is 4.79 Å². The molecule has 1 aromatic heterocycles. The van der Waals surface area contributed by atoms with Crippen molar-refractivity contribution in [1.82, 2.24) is 4.57 Å². The summed E-state index contributed by atoms with van der Waals surface area (Å²) in [5.74, 6) is 2.22. The van der Waals surface area contributed by atoms with Crippen LogP contribution in [0, 0.1) is 0 Å². The molecule has 0 unspecified atom stereocenters. The average molecular weight is 410 g/mol. The highest BCUT2D eigenvalue weighted by Crippen LogP contribution is 2.38. The van der Waals surface area contributed by atoms with Crippen LogP contribution in [0.5, 0.6) is 23.0 Å². The summed E-state index contributed by atoms with van der Waals surface area (Å²) in [5.41, 5.74) is 1.39. The molecule has 1 amide bonds. The Kier molecular flexibility index (Phi) is 6.85. The maximum Gasteiger partial charge on any atom is 0.226 e. The summed E-state index contributed by atoms with van der Waals surface area (Å²) in [4.78, 5) is 13.0. The normalized spacial score (nSPS) is 11.5. The monoisotopic (exact) mass is 410 g/mol. The molecule has 158 valence electrons.